The lowest BCUT2D eigenvalue weighted by Crippen LogP contribution is -2.39. The number of benzene rings is 2. The number of nitrogens with one attached hydrogen (secondary N) is 1. The lowest BCUT2D eigenvalue weighted by atomic mass is 9.91. The van der Waals surface area contributed by atoms with Gasteiger partial charge in [-0.3, -0.25) is 9.52 Å². The van der Waals surface area contributed by atoms with Crippen molar-refractivity contribution < 1.29 is 13.2 Å². The summed E-state index contributed by atoms with van der Waals surface area (Å²) in [6.45, 7) is 0.740. The van der Waals surface area contributed by atoms with E-state index in [4.69, 9.17) is 11.6 Å². The van der Waals surface area contributed by atoms with Crippen molar-refractivity contribution in [2.45, 2.75) is 30.6 Å². The van der Waals surface area contributed by atoms with Crippen molar-refractivity contribution in [2.24, 2.45) is 0 Å². The summed E-state index contributed by atoms with van der Waals surface area (Å²) >= 11 is 6.03. The molecule has 1 amide bonds. The Bertz CT molecular complexity index is 955. The zero-order chi connectivity index (χ0) is 17.6. The number of carbonyl (C=O) groups excluding carboxylic acids is 1. The molecule has 2 heterocycles. The fourth-order valence-corrected chi connectivity index (χ4v) is 5.15. The van der Waals surface area contributed by atoms with Gasteiger partial charge in [-0.25, -0.2) is 8.42 Å². The maximum atomic E-state index is 12.7. The summed E-state index contributed by atoms with van der Waals surface area (Å²) in [6.07, 6.45) is 2.83. The number of aryl methyl sites for hydroxylation is 2. The van der Waals surface area contributed by atoms with E-state index in [0.29, 0.717) is 18.5 Å². The molecule has 2 aromatic carbocycles. The van der Waals surface area contributed by atoms with Crippen LogP contribution in [0, 0.1) is 0 Å². The molecule has 0 fully saturated rings. The van der Waals surface area contributed by atoms with Crippen LogP contribution in [0.15, 0.2) is 41.3 Å². The van der Waals surface area contributed by atoms with Crippen LogP contribution in [0.1, 0.15) is 24.0 Å². The van der Waals surface area contributed by atoms with Gasteiger partial charge in [-0.05, 0) is 54.7 Å². The molecule has 0 spiro atoms. The molecule has 0 saturated heterocycles. The summed E-state index contributed by atoms with van der Waals surface area (Å²) in [4.78, 5) is 14.0. The van der Waals surface area contributed by atoms with E-state index in [1.165, 1.54) is 6.07 Å². The Balaban J connectivity index is 1.74. The first-order valence-corrected chi connectivity index (χ1v) is 10.1. The number of rotatable bonds is 3. The highest BCUT2D eigenvalue weighted by molar-refractivity contribution is 7.92. The normalized spacial score (nSPS) is 16.5. The molecule has 4 rings (SSSR count). The van der Waals surface area contributed by atoms with Crippen molar-refractivity contribution in [3.8, 4) is 0 Å². The van der Waals surface area contributed by atoms with E-state index >= 15 is 0 Å². The number of anilines is 2. The van der Waals surface area contributed by atoms with Crippen LogP contribution in [-0.4, -0.2) is 20.9 Å². The van der Waals surface area contributed by atoms with Crippen LogP contribution < -0.4 is 9.62 Å². The highest BCUT2D eigenvalue weighted by Gasteiger charge is 2.30. The Kier molecular flexibility index (Phi) is 3.96. The van der Waals surface area contributed by atoms with Gasteiger partial charge in [-0.1, -0.05) is 23.7 Å². The van der Waals surface area contributed by atoms with Gasteiger partial charge < -0.3 is 4.90 Å². The molecule has 2 aliphatic rings. The Morgan fingerprint density at radius 2 is 1.76 bits per heavy atom. The molecule has 25 heavy (non-hydrogen) atoms. The minimum absolute atomic E-state index is 0.0554. The van der Waals surface area contributed by atoms with E-state index in [9.17, 15) is 13.2 Å². The molecule has 2 aliphatic heterocycles. The number of nitrogens with zero attached hydrogens (tertiary/aromatic N) is 1. The molecule has 7 heteroatoms. The second kappa shape index (κ2) is 6.04. The van der Waals surface area contributed by atoms with E-state index in [0.717, 1.165) is 36.2 Å². The van der Waals surface area contributed by atoms with Crippen molar-refractivity contribution in [3.05, 3.63) is 52.5 Å². The SMILES string of the molecule is O=C1CCc2cc(NS(=O)(=O)c3ccccc3Cl)cc3c2N1CCC3. The predicted molar refractivity (Wildman–Crippen MR) is 97.7 cm³/mol. The number of amides is 1. The van der Waals surface area contributed by atoms with Crippen molar-refractivity contribution >= 4 is 38.9 Å². The third-order valence-corrected chi connectivity index (χ3v) is 6.53. The van der Waals surface area contributed by atoms with Crippen LogP contribution in [0.2, 0.25) is 5.02 Å². The van der Waals surface area contributed by atoms with Crippen LogP contribution in [0.5, 0.6) is 0 Å². The zero-order valence-electron chi connectivity index (χ0n) is 13.5. The molecular formula is C18H17ClN2O3S. The molecule has 130 valence electrons. The lowest BCUT2D eigenvalue weighted by molar-refractivity contribution is -0.119. The molecule has 0 unspecified atom stereocenters. The van der Waals surface area contributed by atoms with E-state index < -0.39 is 10.0 Å². The van der Waals surface area contributed by atoms with Gasteiger partial charge in [-0.15, -0.1) is 0 Å². The minimum atomic E-state index is -3.76. The van der Waals surface area contributed by atoms with Gasteiger partial charge in [0, 0.05) is 18.7 Å². The summed E-state index contributed by atoms with van der Waals surface area (Å²) in [6, 6.07) is 10.0. The summed E-state index contributed by atoms with van der Waals surface area (Å²) in [7, 11) is -3.76. The average molecular weight is 377 g/mol. The van der Waals surface area contributed by atoms with Crippen LogP contribution in [0.25, 0.3) is 0 Å². The van der Waals surface area contributed by atoms with Crippen molar-refractivity contribution in [2.75, 3.05) is 16.2 Å². The quantitative estimate of drug-likeness (QED) is 0.893. The fourth-order valence-electron chi connectivity index (χ4n) is 3.58. The molecule has 0 aromatic heterocycles. The highest BCUT2D eigenvalue weighted by Crippen LogP contribution is 2.38. The molecule has 0 saturated carbocycles. The second-order valence-corrected chi connectivity index (χ2v) is 8.39. The fraction of sp³-hybridized carbons (Fsp3) is 0.278. The minimum Gasteiger partial charge on any atom is -0.312 e. The van der Waals surface area contributed by atoms with Gasteiger partial charge in [0.05, 0.1) is 10.7 Å². The maximum Gasteiger partial charge on any atom is 0.263 e. The molecule has 2 aromatic rings. The van der Waals surface area contributed by atoms with E-state index in [2.05, 4.69) is 4.72 Å². The van der Waals surface area contributed by atoms with Gasteiger partial charge in [0.25, 0.3) is 10.0 Å². The first kappa shape index (κ1) is 16.4. The van der Waals surface area contributed by atoms with Crippen LogP contribution in [0.3, 0.4) is 0 Å². The topological polar surface area (TPSA) is 66.5 Å². The lowest BCUT2D eigenvalue weighted by Gasteiger charge is -2.35. The monoisotopic (exact) mass is 376 g/mol. The number of sulfonamides is 1. The summed E-state index contributed by atoms with van der Waals surface area (Å²) in [5.41, 5.74) is 3.54. The molecule has 0 bridgehead atoms. The molecule has 0 aliphatic carbocycles. The van der Waals surface area contributed by atoms with Crippen LogP contribution >= 0.6 is 11.6 Å². The van der Waals surface area contributed by atoms with Crippen molar-refractivity contribution in [1.82, 2.24) is 0 Å². The van der Waals surface area contributed by atoms with Gasteiger partial charge in [-0.2, -0.15) is 0 Å². The molecular weight excluding hydrogens is 360 g/mol. The van der Waals surface area contributed by atoms with E-state index in [1.54, 1.807) is 18.2 Å². The van der Waals surface area contributed by atoms with E-state index in [1.807, 2.05) is 17.0 Å². The number of halogens is 1. The zero-order valence-corrected chi connectivity index (χ0v) is 15.0. The number of hydrogen-bond donors (Lipinski definition) is 1. The van der Waals surface area contributed by atoms with E-state index in [-0.39, 0.29) is 15.8 Å². The molecule has 0 radical (unpaired) electrons. The van der Waals surface area contributed by atoms with Crippen LogP contribution in [0.4, 0.5) is 11.4 Å². The maximum absolute atomic E-state index is 12.7. The summed E-state index contributed by atoms with van der Waals surface area (Å²) in [5, 5.41) is 0.186. The van der Waals surface area contributed by atoms with Gasteiger partial charge in [0.15, 0.2) is 0 Å². The predicted octanol–water partition coefficient (Wildman–Crippen LogP) is 3.37. The van der Waals surface area contributed by atoms with Crippen molar-refractivity contribution in [1.29, 1.82) is 0 Å². The largest absolute Gasteiger partial charge is 0.312 e. The third kappa shape index (κ3) is 2.89. The standard InChI is InChI=1S/C18H17ClN2O3S/c19-15-5-1-2-6-16(15)25(23,24)20-14-10-12-4-3-9-21-17(22)8-7-13(11-14)18(12)21/h1-2,5-6,10-11,20H,3-4,7-9H2. The summed E-state index contributed by atoms with van der Waals surface area (Å²) < 4.78 is 28.0. The highest BCUT2D eigenvalue weighted by atomic mass is 35.5. The van der Waals surface area contributed by atoms with Gasteiger partial charge in [0.2, 0.25) is 5.91 Å². The average Bonchev–Trinajstić information content (AvgIpc) is 2.58. The first-order chi connectivity index (χ1) is 12.0. The smallest absolute Gasteiger partial charge is 0.263 e. The molecule has 1 N–H and O–H groups in total. The Morgan fingerprint density at radius 1 is 1.04 bits per heavy atom. The molecule has 0 atom stereocenters. The van der Waals surface area contributed by atoms with Gasteiger partial charge in [0.1, 0.15) is 4.90 Å². The number of hydrogen-bond acceptors (Lipinski definition) is 3. The Labute approximate surface area is 151 Å². The Hall–Kier alpha value is -2.05. The molecule has 5 nitrogen and oxygen atoms in total. The summed E-state index contributed by atoms with van der Waals surface area (Å²) in [5.74, 6) is 0.151. The third-order valence-electron chi connectivity index (χ3n) is 4.65. The first-order valence-electron chi connectivity index (χ1n) is 8.19. The second-order valence-electron chi connectivity index (χ2n) is 6.33. The Morgan fingerprint density at radius 3 is 2.52 bits per heavy atom. The van der Waals surface area contributed by atoms with Crippen molar-refractivity contribution in [3.63, 3.8) is 0 Å². The van der Waals surface area contributed by atoms with Crippen LogP contribution in [-0.2, 0) is 27.7 Å². The number of carbonyl (C=O) groups is 1. The van der Waals surface area contributed by atoms with Gasteiger partial charge >= 0.3 is 0 Å².